The number of hydrogen-bond acceptors (Lipinski definition) is 6. The predicted octanol–water partition coefficient (Wildman–Crippen LogP) is 5.84. The summed E-state index contributed by atoms with van der Waals surface area (Å²) in [5, 5.41) is 3.93. The van der Waals surface area contributed by atoms with Crippen LogP contribution in [0.1, 0.15) is 30.9 Å². The second kappa shape index (κ2) is 11.2. The summed E-state index contributed by atoms with van der Waals surface area (Å²) in [6, 6.07) is 12.0. The lowest BCUT2D eigenvalue weighted by molar-refractivity contribution is -0.146. The van der Waals surface area contributed by atoms with Crippen LogP contribution in [-0.4, -0.2) is 25.1 Å². The van der Waals surface area contributed by atoms with Crippen molar-refractivity contribution in [2.24, 2.45) is 0 Å². The van der Waals surface area contributed by atoms with Gasteiger partial charge in [0.2, 0.25) is 0 Å². The van der Waals surface area contributed by atoms with Crippen LogP contribution in [0.25, 0.3) is 10.8 Å². The van der Waals surface area contributed by atoms with E-state index in [9.17, 15) is 22.9 Å². The third kappa shape index (κ3) is 7.01. The molecular weight excluding hydrogens is 503 g/mol. The van der Waals surface area contributed by atoms with E-state index >= 15 is 0 Å². The van der Waals surface area contributed by atoms with Crippen LogP contribution in [0.5, 0.6) is 5.75 Å². The minimum atomic E-state index is -4.02. The Bertz CT molecular complexity index is 1300. The summed E-state index contributed by atoms with van der Waals surface area (Å²) in [5.41, 5.74) is 0.758. The summed E-state index contributed by atoms with van der Waals surface area (Å²) in [6.07, 6.45) is 0. The highest BCUT2D eigenvalue weighted by atomic mass is 35.7. The molecule has 1 N–H and O–H groups in total. The van der Waals surface area contributed by atoms with Gasteiger partial charge < -0.3 is 14.0 Å². The molecule has 0 radical (unpaired) electrons. The first kappa shape index (κ1) is 26.6. The summed E-state index contributed by atoms with van der Waals surface area (Å²) in [7, 11) is 1.33. The molecule has 0 saturated carbocycles. The van der Waals surface area contributed by atoms with Crippen molar-refractivity contribution in [2.75, 3.05) is 7.11 Å². The zero-order chi connectivity index (χ0) is 25.8. The van der Waals surface area contributed by atoms with Gasteiger partial charge in [-0.05, 0) is 54.4 Å². The van der Waals surface area contributed by atoms with Gasteiger partial charge in [0.15, 0.2) is 0 Å². The molecule has 3 unspecified atom stereocenters. The molecule has 0 aromatic heterocycles. The number of carbonyl (C=O) groups excluding carboxylic acids is 2. The van der Waals surface area contributed by atoms with Gasteiger partial charge in [-0.1, -0.05) is 24.3 Å². The van der Waals surface area contributed by atoms with E-state index in [1.165, 1.54) is 14.0 Å². The van der Waals surface area contributed by atoms with Gasteiger partial charge in [0.1, 0.15) is 30.0 Å². The third-order valence-corrected chi connectivity index (χ3v) is 6.84. The monoisotopic (exact) mass is 525 g/mol. The molecule has 3 aromatic carbocycles. The normalized spacial score (nSPS) is 14.6. The number of fused-ring (bicyclic) bond motifs is 1. The van der Waals surface area contributed by atoms with Crippen molar-refractivity contribution in [3.8, 4) is 5.75 Å². The molecule has 186 valence electrons. The fourth-order valence-corrected chi connectivity index (χ4v) is 4.92. The highest BCUT2D eigenvalue weighted by Crippen LogP contribution is 2.49. The van der Waals surface area contributed by atoms with Crippen LogP contribution in [0.15, 0.2) is 54.6 Å². The maximum atomic E-state index is 13.7. The third-order valence-electron chi connectivity index (χ3n) is 5.20. The highest BCUT2D eigenvalue weighted by Gasteiger charge is 2.28. The van der Waals surface area contributed by atoms with E-state index in [0.717, 1.165) is 28.5 Å². The molecule has 0 saturated heterocycles. The van der Waals surface area contributed by atoms with Crippen molar-refractivity contribution in [3.05, 3.63) is 77.4 Å². The average molecular weight is 526 g/mol. The molecule has 3 aromatic rings. The maximum Gasteiger partial charge on any atom is 0.409 e. The smallest absolute Gasteiger partial charge is 0.409 e. The van der Waals surface area contributed by atoms with Gasteiger partial charge in [0.05, 0.1) is 13.0 Å². The van der Waals surface area contributed by atoms with E-state index in [1.54, 1.807) is 37.3 Å². The number of methoxy groups -OCH3 is 1. The first-order valence-corrected chi connectivity index (χ1v) is 13.0. The summed E-state index contributed by atoms with van der Waals surface area (Å²) in [6.45, 7) is -1.37. The zero-order valence-electron chi connectivity index (χ0n) is 19.1. The van der Waals surface area contributed by atoms with Gasteiger partial charge >= 0.3 is 18.8 Å². The lowest BCUT2D eigenvalue weighted by Crippen LogP contribution is -2.33. The number of esters is 2. The lowest BCUT2D eigenvalue weighted by Gasteiger charge is -2.18. The number of carbonyl (C=O) groups is 2. The van der Waals surface area contributed by atoms with Crippen LogP contribution in [0.3, 0.4) is 0 Å². The molecule has 0 fully saturated rings. The zero-order valence-corrected chi connectivity index (χ0v) is 20.7. The molecule has 35 heavy (non-hydrogen) atoms. The number of benzene rings is 3. The van der Waals surface area contributed by atoms with Gasteiger partial charge in [-0.3, -0.25) is 9.59 Å². The van der Waals surface area contributed by atoms with E-state index in [1.807, 2.05) is 6.07 Å². The Balaban J connectivity index is 1.62. The summed E-state index contributed by atoms with van der Waals surface area (Å²) < 4.78 is 54.5. The van der Waals surface area contributed by atoms with E-state index in [-0.39, 0.29) is 17.3 Å². The van der Waals surface area contributed by atoms with Crippen LogP contribution < -0.4 is 9.61 Å². The molecule has 0 spiro atoms. The van der Waals surface area contributed by atoms with Gasteiger partial charge in [0.25, 0.3) is 0 Å². The van der Waals surface area contributed by atoms with Crippen molar-refractivity contribution in [1.29, 1.82) is 0 Å². The van der Waals surface area contributed by atoms with Crippen molar-refractivity contribution in [2.45, 2.75) is 32.4 Å². The first-order chi connectivity index (χ1) is 16.5. The SMILES string of the molecule is COC(=O)C(C)c1ccc2cc(OP(=O)(Cl)NC(C)C(=O)OCc3ccc(F)cc3F)ccc2c1. The Morgan fingerprint density at radius 1 is 1.00 bits per heavy atom. The Morgan fingerprint density at radius 2 is 1.69 bits per heavy atom. The molecule has 7 nitrogen and oxygen atoms in total. The fourth-order valence-electron chi connectivity index (χ4n) is 3.24. The van der Waals surface area contributed by atoms with Crippen LogP contribution >= 0.6 is 18.1 Å². The van der Waals surface area contributed by atoms with E-state index in [2.05, 4.69) is 5.09 Å². The number of nitrogens with one attached hydrogen (secondary N) is 1. The van der Waals surface area contributed by atoms with Crippen molar-refractivity contribution < 1.29 is 36.9 Å². The van der Waals surface area contributed by atoms with E-state index < -0.39 is 43.0 Å². The quantitative estimate of drug-likeness (QED) is 0.277. The first-order valence-electron chi connectivity index (χ1n) is 10.5. The highest BCUT2D eigenvalue weighted by molar-refractivity contribution is 7.84. The average Bonchev–Trinajstić information content (AvgIpc) is 2.81. The Labute approximate surface area is 205 Å². The molecule has 3 atom stereocenters. The number of hydrogen-bond donors (Lipinski definition) is 1. The van der Waals surface area contributed by atoms with Gasteiger partial charge in [-0.25, -0.2) is 18.4 Å². The van der Waals surface area contributed by atoms with Gasteiger partial charge in [0, 0.05) is 22.9 Å². The molecule has 0 amide bonds. The van der Waals surface area contributed by atoms with Gasteiger partial charge in [-0.15, -0.1) is 0 Å². The van der Waals surface area contributed by atoms with Crippen LogP contribution in [0.2, 0.25) is 0 Å². The molecule has 0 aliphatic carbocycles. The Morgan fingerprint density at radius 3 is 2.37 bits per heavy atom. The lowest BCUT2D eigenvalue weighted by atomic mass is 9.98. The summed E-state index contributed by atoms with van der Waals surface area (Å²) >= 11 is 6.00. The minimum absolute atomic E-state index is 0.0162. The maximum absolute atomic E-state index is 13.7. The molecule has 0 bridgehead atoms. The molecule has 0 heterocycles. The summed E-state index contributed by atoms with van der Waals surface area (Å²) in [4.78, 5) is 24.0. The predicted molar refractivity (Wildman–Crippen MR) is 127 cm³/mol. The summed E-state index contributed by atoms with van der Waals surface area (Å²) in [5.74, 6) is -3.07. The number of rotatable bonds is 9. The molecule has 3 rings (SSSR count). The topological polar surface area (TPSA) is 90.9 Å². The molecule has 0 aliphatic rings. The van der Waals surface area contributed by atoms with Crippen LogP contribution in [0, 0.1) is 11.6 Å². The fraction of sp³-hybridized carbons (Fsp3) is 0.250. The second-order valence-corrected chi connectivity index (χ2v) is 10.5. The number of halogens is 3. The number of ether oxygens (including phenoxy) is 2. The minimum Gasteiger partial charge on any atom is -0.469 e. The molecule has 11 heteroatoms. The standard InChI is InChI=1S/C24H23ClF2NO6P/c1-14(23(29)32-3)16-4-5-18-11-21(9-7-17(18)10-16)34-35(25,31)28-15(2)24(30)33-13-19-6-8-20(26)12-22(19)27/h4-12,14-15H,13H2,1-3H3,(H,28,31). The van der Waals surface area contributed by atoms with Crippen LogP contribution in [-0.2, 0) is 30.2 Å². The Kier molecular flexibility index (Phi) is 8.48. The van der Waals surface area contributed by atoms with Crippen molar-refractivity contribution >= 4 is 40.8 Å². The Hall–Kier alpha value is -3.00. The molecular formula is C24H23ClF2NO6P. The molecule has 0 aliphatic heterocycles. The largest absolute Gasteiger partial charge is 0.469 e. The van der Waals surface area contributed by atoms with Gasteiger partial charge in [-0.2, -0.15) is 0 Å². The van der Waals surface area contributed by atoms with Crippen LogP contribution in [0.4, 0.5) is 8.78 Å². The van der Waals surface area contributed by atoms with E-state index in [4.69, 9.17) is 25.2 Å². The van der Waals surface area contributed by atoms with Crippen molar-refractivity contribution in [1.82, 2.24) is 5.09 Å². The second-order valence-electron chi connectivity index (χ2n) is 7.78. The van der Waals surface area contributed by atoms with Crippen molar-refractivity contribution in [3.63, 3.8) is 0 Å². The van der Waals surface area contributed by atoms with E-state index in [0.29, 0.717) is 6.07 Å².